The smallest absolute Gasteiger partial charge is 0.274 e. The van der Waals surface area contributed by atoms with E-state index in [1.807, 2.05) is 6.07 Å². The summed E-state index contributed by atoms with van der Waals surface area (Å²) in [6.45, 7) is 2.32. The Morgan fingerprint density at radius 3 is 2.58 bits per heavy atom. The number of nitrogens with zero attached hydrogens (tertiary/aromatic N) is 1. The Bertz CT molecular complexity index is 958. The van der Waals surface area contributed by atoms with Gasteiger partial charge in [0, 0.05) is 17.5 Å². The van der Waals surface area contributed by atoms with Crippen molar-refractivity contribution in [2.45, 2.75) is 43.9 Å². The van der Waals surface area contributed by atoms with Gasteiger partial charge in [0.05, 0.1) is 27.5 Å². The normalized spacial score (nSPS) is 14.1. The molecule has 0 unspecified atom stereocenters. The molecule has 8 heteroatoms. The SMILES string of the molecule is Cc1c(NC(=O)c2ccccc2SCC(=O)NCC2CCCCC2)cccc1[N+](=O)[O-]. The molecule has 2 aromatic carbocycles. The molecule has 2 aromatic rings. The number of hydrogen-bond donors (Lipinski definition) is 2. The van der Waals surface area contributed by atoms with Crippen LogP contribution in [0.3, 0.4) is 0 Å². The fraction of sp³-hybridized carbons (Fsp3) is 0.391. The number of nitrogens with one attached hydrogen (secondary N) is 2. The van der Waals surface area contributed by atoms with Crippen LogP contribution < -0.4 is 10.6 Å². The number of anilines is 1. The van der Waals surface area contributed by atoms with Crippen molar-refractivity contribution in [2.24, 2.45) is 5.92 Å². The van der Waals surface area contributed by atoms with Crippen LogP contribution in [0.2, 0.25) is 0 Å². The molecule has 0 saturated heterocycles. The van der Waals surface area contributed by atoms with Gasteiger partial charge in [-0.2, -0.15) is 0 Å². The van der Waals surface area contributed by atoms with Gasteiger partial charge in [-0.3, -0.25) is 19.7 Å². The summed E-state index contributed by atoms with van der Waals surface area (Å²) in [7, 11) is 0. The summed E-state index contributed by atoms with van der Waals surface area (Å²) in [6.07, 6.45) is 6.11. The summed E-state index contributed by atoms with van der Waals surface area (Å²) in [5.74, 6) is 0.390. The van der Waals surface area contributed by atoms with E-state index in [-0.39, 0.29) is 23.3 Å². The highest BCUT2D eigenvalue weighted by Gasteiger charge is 2.18. The maximum Gasteiger partial charge on any atom is 0.274 e. The van der Waals surface area contributed by atoms with E-state index in [0.717, 1.165) is 0 Å². The van der Waals surface area contributed by atoms with Crippen molar-refractivity contribution in [3.63, 3.8) is 0 Å². The van der Waals surface area contributed by atoms with E-state index in [2.05, 4.69) is 10.6 Å². The zero-order valence-electron chi connectivity index (χ0n) is 17.6. The monoisotopic (exact) mass is 441 g/mol. The summed E-state index contributed by atoms with van der Waals surface area (Å²) in [5.41, 5.74) is 1.17. The number of thioether (sulfide) groups is 1. The van der Waals surface area contributed by atoms with E-state index in [4.69, 9.17) is 0 Å². The largest absolute Gasteiger partial charge is 0.355 e. The quantitative estimate of drug-likeness (QED) is 0.343. The number of hydrogen-bond acceptors (Lipinski definition) is 5. The Labute approximate surface area is 186 Å². The third-order valence-corrected chi connectivity index (χ3v) is 6.63. The average Bonchev–Trinajstić information content (AvgIpc) is 2.78. The first-order chi connectivity index (χ1) is 15.0. The van der Waals surface area contributed by atoms with Crippen LogP contribution in [0.15, 0.2) is 47.4 Å². The first-order valence-electron chi connectivity index (χ1n) is 10.5. The van der Waals surface area contributed by atoms with Gasteiger partial charge in [-0.1, -0.05) is 37.5 Å². The van der Waals surface area contributed by atoms with Crippen LogP contribution >= 0.6 is 11.8 Å². The molecule has 0 aromatic heterocycles. The highest BCUT2D eigenvalue weighted by Crippen LogP contribution is 2.28. The molecule has 2 amide bonds. The van der Waals surface area contributed by atoms with Crippen molar-refractivity contribution in [1.82, 2.24) is 5.32 Å². The number of nitro benzene ring substituents is 1. The van der Waals surface area contributed by atoms with Crippen LogP contribution in [0.25, 0.3) is 0 Å². The van der Waals surface area contributed by atoms with E-state index in [1.165, 1.54) is 56.0 Å². The van der Waals surface area contributed by atoms with Gasteiger partial charge in [0.2, 0.25) is 5.91 Å². The predicted molar refractivity (Wildman–Crippen MR) is 123 cm³/mol. The van der Waals surface area contributed by atoms with Gasteiger partial charge < -0.3 is 10.6 Å². The fourth-order valence-corrected chi connectivity index (χ4v) is 4.65. The first kappa shape index (κ1) is 22.8. The molecule has 1 aliphatic rings. The van der Waals surface area contributed by atoms with E-state index in [9.17, 15) is 19.7 Å². The number of carbonyl (C=O) groups excluding carboxylic acids is 2. The Morgan fingerprint density at radius 1 is 1.10 bits per heavy atom. The molecule has 7 nitrogen and oxygen atoms in total. The summed E-state index contributed by atoms with van der Waals surface area (Å²) in [5, 5.41) is 16.9. The highest BCUT2D eigenvalue weighted by molar-refractivity contribution is 8.00. The number of carbonyl (C=O) groups is 2. The minimum Gasteiger partial charge on any atom is -0.355 e. The van der Waals surface area contributed by atoms with Crippen LogP contribution in [-0.2, 0) is 4.79 Å². The van der Waals surface area contributed by atoms with Crippen molar-refractivity contribution in [3.05, 3.63) is 63.7 Å². The Kier molecular flexibility index (Phi) is 8.06. The van der Waals surface area contributed by atoms with Crippen molar-refractivity contribution >= 4 is 35.0 Å². The molecule has 1 saturated carbocycles. The molecule has 0 bridgehead atoms. The summed E-state index contributed by atoms with van der Waals surface area (Å²) >= 11 is 1.31. The zero-order chi connectivity index (χ0) is 22.2. The second-order valence-electron chi connectivity index (χ2n) is 7.75. The second-order valence-corrected chi connectivity index (χ2v) is 8.77. The number of benzene rings is 2. The van der Waals surface area contributed by atoms with E-state index >= 15 is 0 Å². The molecule has 0 radical (unpaired) electrons. The summed E-state index contributed by atoms with van der Waals surface area (Å²) in [4.78, 5) is 36.5. The number of amides is 2. The molecular formula is C23H27N3O4S. The molecule has 2 N–H and O–H groups in total. The molecule has 0 aliphatic heterocycles. The molecule has 1 aliphatic carbocycles. The van der Waals surface area contributed by atoms with Crippen molar-refractivity contribution in [3.8, 4) is 0 Å². The first-order valence-corrected chi connectivity index (χ1v) is 11.5. The third kappa shape index (κ3) is 6.30. The lowest BCUT2D eigenvalue weighted by atomic mass is 9.89. The molecular weight excluding hydrogens is 414 g/mol. The molecule has 3 rings (SSSR count). The molecule has 31 heavy (non-hydrogen) atoms. The average molecular weight is 442 g/mol. The van der Waals surface area contributed by atoms with Gasteiger partial charge in [0.25, 0.3) is 11.6 Å². The van der Waals surface area contributed by atoms with E-state index in [0.29, 0.717) is 34.2 Å². The molecule has 0 heterocycles. The molecule has 1 fully saturated rings. The lowest BCUT2D eigenvalue weighted by molar-refractivity contribution is -0.385. The van der Waals surface area contributed by atoms with E-state index < -0.39 is 4.92 Å². The van der Waals surface area contributed by atoms with Crippen molar-refractivity contribution in [2.75, 3.05) is 17.6 Å². The fourth-order valence-electron chi connectivity index (χ4n) is 3.77. The molecule has 0 spiro atoms. The van der Waals surface area contributed by atoms with Crippen LogP contribution in [0.1, 0.15) is 48.0 Å². The van der Waals surface area contributed by atoms with Crippen LogP contribution in [0.5, 0.6) is 0 Å². The third-order valence-electron chi connectivity index (χ3n) is 5.55. The van der Waals surface area contributed by atoms with Crippen molar-refractivity contribution in [1.29, 1.82) is 0 Å². The highest BCUT2D eigenvalue weighted by atomic mass is 32.2. The van der Waals surface area contributed by atoms with Crippen molar-refractivity contribution < 1.29 is 14.5 Å². The standard InChI is InChI=1S/C23H27N3O4S/c1-16-19(11-7-12-20(16)26(29)30)25-23(28)18-10-5-6-13-21(18)31-15-22(27)24-14-17-8-3-2-4-9-17/h5-7,10-13,17H,2-4,8-9,14-15H2,1H3,(H,24,27)(H,25,28). The van der Waals surface area contributed by atoms with Gasteiger partial charge in [-0.15, -0.1) is 11.8 Å². The molecule has 0 atom stereocenters. The van der Waals surface area contributed by atoms with Gasteiger partial charge in [-0.25, -0.2) is 0 Å². The van der Waals surface area contributed by atoms with Crippen LogP contribution in [-0.4, -0.2) is 29.0 Å². The zero-order valence-corrected chi connectivity index (χ0v) is 18.4. The Balaban J connectivity index is 1.61. The maximum atomic E-state index is 12.9. The predicted octanol–water partition coefficient (Wildman–Crippen LogP) is 4.94. The van der Waals surface area contributed by atoms with Gasteiger partial charge in [0.1, 0.15) is 0 Å². The Hall–Kier alpha value is -2.87. The van der Waals surface area contributed by atoms with E-state index in [1.54, 1.807) is 31.2 Å². The number of nitro groups is 1. The summed E-state index contributed by atoms with van der Waals surface area (Å²) in [6, 6.07) is 11.6. The van der Waals surface area contributed by atoms with Crippen LogP contribution in [0.4, 0.5) is 11.4 Å². The minimum atomic E-state index is -0.472. The van der Waals surface area contributed by atoms with Gasteiger partial charge in [-0.05, 0) is 43.9 Å². The minimum absolute atomic E-state index is 0.0414. The Morgan fingerprint density at radius 2 is 1.84 bits per heavy atom. The molecule has 164 valence electrons. The van der Waals surface area contributed by atoms with Gasteiger partial charge >= 0.3 is 0 Å². The lowest BCUT2D eigenvalue weighted by Gasteiger charge is -2.21. The second kappa shape index (κ2) is 10.9. The van der Waals surface area contributed by atoms with Crippen LogP contribution in [0, 0.1) is 23.0 Å². The maximum absolute atomic E-state index is 12.9. The topological polar surface area (TPSA) is 101 Å². The van der Waals surface area contributed by atoms with Gasteiger partial charge in [0.15, 0.2) is 0 Å². The number of rotatable bonds is 8. The lowest BCUT2D eigenvalue weighted by Crippen LogP contribution is -2.31. The summed E-state index contributed by atoms with van der Waals surface area (Å²) < 4.78 is 0.